The highest BCUT2D eigenvalue weighted by molar-refractivity contribution is 7.14. The lowest BCUT2D eigenvalue weighted by molar-refractivity contribution is 0.1000. The normalized spacial score (nSPS) is 16.2. The quantitative estimate of drug-likeness (QED) is 0.812. The van der Waals surface area contributed by atoms with Crippen molar-refractivity contribution in [2.75, 3.05) is 11.6 Å². The van der Waals surface area contributed by atoms with Crippen molar-refractivity contribution in [1.82, 2.24) is 4.42 Å². The average Bonchev–Trinajstić information content (AvgIpc) is 3.10. The van der Waals surface area contributed by atoms with Crippen molar-refractivity contribution < 1.29 is 4.79 Å². The largest absolute Gasteiger partial charge is 0.366 e. The summed E-state index contributed by atoms with van der Waals surface area (Å²) in [5.74, 6) is -0.448. The van der Waals surface area contributed by atoms with Gasteiger partial charge in [0.1, 0.15) is 11.7 Å². The minimum absolute atomic E-state index is 0.369. The van der Waals surface area contributed by atoms with Crippen LogP contribution in [0.4, 0.5) is 5.00 Å². The van der Waals surface area contributed by atoms with Crippen molar-refractivity contribution in [3.8, 4) is 0 Å². The number of primary amides is 1. The number of nitrogens with two attached hydrogens (primary N) is 1. The molecule has 0 bridgehead atoms. The predicted molar refractivity (Wildman–Crippen MR) is 97.7 cm³/mol. The summed E-state index contributed by atoms with van der Waals surface area (Å²) in [5, 5.41) is 3.33. The number of benzene rings is 1. The van der Waals surface area contributed by atoms with Gasteiger partial charge in [-0.2, -0.15) is 0 Å². The molecule has 0 radical (unpaired) electrons. The van der Waals surface area contributed by atoms with E-state index in [-0.39, 0.29) is 0 Å². The van der Waals surface area contributed by atoms with Crippen LogP contribution in [0.15, 0.2) is 46.5 Å². The van der Waals surface area contributed by atoms with E-state index in [0.29, 0.717) is 23.8 Å². The molecule has 2 aliphatic rings. The van der Waals surface area contributed by atoms with E-state index in [9.17, 15) is 4.79 Å². The lowest BCUT2D eigenvalue weighted by Gasteiger charge is -2.20. The number of amides is 1. The van der Waals surface area contributed by atoms with Gasteiger partial charge >= 0.3 is 0 Å². The minimum Gasteiger partial charge on any atom is -0.366 e. The number of rotatable bonds is 2. The minimum atomic E-state index is -0.448. The summed E-state index contributed by atoms with van der Waals surface area (Å²) in [6.07, 6.45) is 1.82. The van der Waals surface area contributed by atoms with E-state index in [0.717, 1.165) is 27.5 Å². The first kappa shape index (κ1) is 15.5. The van der Waals surface area contributed by atoms with Crippen LogP contribution in [0, 0.1) is 0 Å². The van der Waals surface area contributed by atoms with Crippen LogP contribution >= 0.6 is 34.7 Å². The highest BCUT2D eigenvalue weighted by Crippen LogP contribution is 2.40. The molecule has 0 unspecified atom stereocenters. The Morgan fingerprint density at radius 2 is 2.12 bits per heavy atom. The molecule has 2 N–H and O–H groups in total. The molecule has 24 heavy (non-hydrogen) atoms. The molecule has 5 nitrogen and oxygen atoms in total. The van der Waals surface area contributed by atoms with Crippen molar-refractivity contribution >= 4 is 51.3 Å². The van der Waals surface area contributed by atoms with Gasteiger partial charge in [0.25, 0.3) is 0 Å². The van der Waals surface area contributed by atoms with Crippen molar-refractivity contribution in [1.29, 1.82) is 0 Å². The molecule has 0 saturated carbocycles. The Balaban J connectivity index is 1.90. The Kier molecular flexibility index (Phi) is 3.75. The second-order valence-corrected chi connectivity index (χ2v) is 7.13. The molecule has 1 aromatic carbocycles. The Hall–Kier alpha value is -2.02. The van der Waals surface area contributed by atoms with Gasteiger partial charge in [0.15, 0.2) is 0 Å². The molecule has 0 fully saturated rings. The molecule has 0 atom stereocenters. The molecule has 0 saturated heterocycles. The maximum atomic E-state index is 11.7. The second kappa shape index (κ2) is 5.81. The van der Waals surface area contributed by atoms with Crippen LogP contribution in [0.2, 0.25) is 5.02 Å². The Morgan fingerprint density at radius 3 is 2.88 bits per heavy atom. The van der Waals surface area contributed by atoms with Crippen LogP contribution in [0.25, 0.3) is 0 Å². The molecular formula is C16H12Cl2N4OS. The van der Waals surface area contributed by atoms with Crippen molar-refractivity contribution in [2.45, 2.75) is 6.54 Å². The summed E-state index contributed by atoms with van der Waals surface area (Å²) in [7, 11) is 0. The van der Waals surface area contributed by atoms with E-state index in [2.05, 4.69) is 0 Å². The first-order chi connectivity index (χ1) is 11.6. The summed E-state index contributed by atoms with van der Waals surface area (Å²) < 4.78 is 1.56. The number of hydrogen-bond acceptors (Lipinski definition) is 5. The molecule has 2 aliphatic heterocycles. The van der Waals surface area contributed by atoms with Crippen molar-refractivity contribution in [2.24, 2.45) is 10.7 Å². The van der Waals surface area contributed by atoms with Gasteiger partial charge in [-0.3, -0.25) is 14.2 Å². The van der Waals surface area contributed by atoms with Crippen molar-refractivity contribution in [3.05, 3.63) is 63.3 Å². The maximum absolute atomic E-state index is 11.7. The van der Waals surface area contributed by atoms with E-state index < -0.39 is 5.91 Å². The molecule has 3 heterocycles. The number of hydrogen-bond donors (Lipinski definition) is 1. The van der Waals surface area contributed by atoms with Gasteiger partial charge in [0.05, 0.1) is 28.5 Å². The van der Waals surface area contributed by atoms with Crippen LogP contribution in [0.1, 0.15) is 21.5 Å². The zero-order valence-corrected chi connectivity index (χ0v) is 14.7. The predicted octanol–water partition coefficient (Wildman–Crippen LogP) is 3.58. The van der Waals surface area contributed by atoms with Crippen LogP contribution in [0.3, 0.4) is 0 Å². The van der Waals surface area contributed by atoms with Gasteiger partial charge in [0.2, 0.25) is 5.91 Å². The van der Waals surface area contributed by atoms with E-state index in [4.69, 9.17) is 34.1 Å². The number of thiophene rings is 1. The summed E-state index contributed by atoms with van der Waals surface area (Å²) in [6.45, 7) is 0.833. The van der Waals surface area contributed by atoms with Crippen LogP contribution in [-0.2, 0) is 6.54 Å². The monoisotopic (exact) mass is 378 g/mol. The van der Waals surface area contributed by atoms with Crippen LogP contribution in [-0.4, -0.2) is 22.7 Å². The number of nitrogens with zero attached hydrogens (tertiary/aromatic N) is 3. The molecule has 2 aromatic rings. The van der Waals surface area contributed by atoms with Gasteiger partial charge in [-0.25, -0.2) is 0 Å². The molecule has 122 valence electrons. The third-order valence-corrected chi connectivity index (χ3v) is 5.56. The topological polar surface area (TPSA) is 61.9 Å². The molecule has 8 heteroatoms. The van der Waals surface area contributed by atoms with Crippen LogP contribution < -0.4 is 10.6 Å². The lowest BCUT2D eigenvalue weighted by atomic mass is 10.1. The number of halogens is 2. The van der Waals surface area contributed by atoms with E-state index >= 15 is 0 Å². The van der Waals surface area contributed by atoms with E-state index in [1.165, 1.54) is 11.3 Å². The van der Waals surface area contributed by atoms with Crippen molar-refractivity contribution in [3.63, 3.8) is 0 Å². The van der Waals surface area contributed by atoms with Gasteiger partial charge in [0, 0.05) is 34.5 Å². The molecule has 4 rings (SSSR count). The highest BCUT2D eigenvalue weighted by Gasteiger charge is 2.33. The first-order valence-corrected chi connectivity index (χ1v) is 8.77. The Bertz CT molecular complexity index is 905. The fourth-order valence-corrected chi connectivity index (χ4v) is 4.40. The fourth-order valence-electron chi connectivity index (χ4n) is 2.89. The number of carbonyl (C=O) groups excluding carboxylic acids is 1. The van der Waals surface area contributed by atoms with Crippen LogP contribution in [0.5, 0.6) is 0 Å². The first-order valence-electron chi connectivity index (χ1n) is 7.18. The molecular weight excluding hydrogens is 367 g/mol. The highest BCUT2D eigenvalue weighted by atomic mass is 35.5. The molecule has 1 amide bonds. The number of fused-ring (bicyclic) bond motifs is 3. The zero-order valence-electron chi connectivity index (χ0n) is 12.4. The standard InChI is InChI=1S/C16H12Cl2N4OS/c17-12-4-2-1-3-9(12)14-13-6-21(18)8-22(13)16-10(5-20-14)11(7-24-16)15(19)23/h1-4,6-7H,5,8H2,(H2,19,23). The third-order valence-electron chi connectivity index (χ3n) is 3.98. The number of carbonyl (C=O) groups is 1. The van der Waals surface area contributed by atoms with E-state index in [1.807, 2.05) is 35.4 Å². The maximum Gasteiger partial charge on any atom is 0.249 e. The lowest BCUT2D eigenvalue weighted by Crippen LogP contribution is -2.25. The summed E-state index contributed by atoms with van der Waals surface area (Å²) in [4.78, 5) is 18.5. The molecule has 0 aliphatic carbocycles. The SMILES string of the molecule is NC(=O)c1csc2c1CN=C(c1ccccc1Cl)C1=CN(Cl)CN12. The Labute approximate surface area is 152 Å². The second-order valence-electron chi connectivity index (χ2n) is 5.43. The Morgan fingerprint density at radius 1 is 1.33 bits per heavy atom. The summed E-state index contributed by atoms with van der Waals surface area (Å²) in [5.41, 5.74) is 9.27. The van der Waals surface area contributed by atoms with Gasteiger partial charge in [-0.15, -0.1) is 11.3 Å². The smallest absolute Gasteiger partial charge is 0.249 e. The zero-order chi connectivity index (χ0) is 16.8. The van der Waals surface area contributed by atoms with Gasteiger partial charge < -0.3 is 10.6 Å². The average molecular weight is 379 g/mol. The summed E-state index contributed by atoms with van der Waals surface area (Å²) in [6, 6.07) is 7.54. The van der Waals surface area contributed by atoms with Gasteiger partial charge in [-0.05, 0) is 6.07 Å². The number of allylic oxidation sites excluding steroid dienone is 1. The molecule has 1 aromatic heterocycles. The summed E-state index contributed by atoms with van der Waals surface area (Å²) >= 11 is 14.0. The van der Waals surface area contributed by atoms with Gasteiger partial charge in [-0.1, -0.05) is 29.8 Å². The third kappa shape index (κ3) is 2.38. The molecule has 0 spiro atoms. The fraction of sp³-hybridized carbons (Fsp3) is 0.125. The van der Waals surface area contributed by atoms with E-state index in [1.54, 1.807) is 9.80 Å². The number of aliphatic imine (C=N–C) groups is 1. The number of anilines is 1.